The highest BCUT2D eigenvalue weighted by Gasteiger charge is 2.37. The van der Waals surface area contributed by atoms with E-state index in [4.69, 9.17) is 9.72 Å². The summed E-state index contributed by atoms with van der Waals surface area (Å²) in [5, 5.41) is 0. The Hall–Kier alpha value is -2.60. The van der Waals surface area contributed by atoms with E-state index >= 15 is 0 Å². The summed E-state index contributed by atoms with van der Waals surface area (Å²) in [6, 6.07) is 14.0. The highest BCUT2D eigenvalue weighted by molar-refractivity contribution is 5.68. The summed E-state index contributed by atoms with van der Waals surface area (Å²) >= 11 is 0. The van der Waals surface area contributed by atoms with Crippen LogP contribution in [0.1, 0.15) is 99.1 Å². The summed E-state index contributed by atoms with van der Waals surface area (Å²) in [4.78, 5) is 24.5. The Morgan fingerprint density at radius 1 is 0.854 bits per heavy atom. The second-order valence-corrected chi connectivity index (χ2v) is 14.1. The van der Waals surface area contributed by atoms with Gasteiger partial charge in [0.1, 0.15) is 11.4 Å². The zero-order valence-electron chi connectivity index (χ0n) is 27.2. The number of carbonyl (C=O) groups excluding carboxylic acids is 1. The molecule has 5 rings (SSSR count). The van der Waals surface area contributed by atoms with E-state index in [1.54, 1.807) is 0 Å². The summed E-state index contributed by atoms with van der Waals surface area (Å²) in [5.74, 6) is 1.07. The normalized spacial score (nSPS) is 21.0. The van der Waals surface area contributed by atoms with Crippen molar-refractivity contribution in [3.8, 4) is 11.3 Å². The second-order valence-electron chi connectivity index (χ2n) is 14.1. The summed E-state index contributed by atoms with van der Waals surface area (Å²) < 4.78 is 5.57. The van der Waals surface area contributed by atoms with Crippen molar-refractivity contribution < 1.29 is 9.53 Å². The maximum Gasteiger partial charge on any atom is 0.410 e. The number of hydrogen-bond acceptors (Lipinski definition) is 5. The van der Waals surface area contributed by atoms with Crippen molar-refractivity contribution in [2.45, 2.75) is 110 Å². The molecule has 6 heteroatoms. The van der Waals surface area contributed by atoms with E-state index in [2.05, 4.69) is 73.9 Å². The minimum atomic E-state index is -0.441. The molecule has 1 aliphatic carbocycles. The standard InChI is InChI=1S/C33H48N4O2.C2H6/c1-31(2,3)39-30(38)37-17-13-25(14-18-37)35-19-21-36(22-20-35)29-10-8-9-28(34-29)24-11-12-26-27(23-24)33(6,7)16-15-32(26,4)5;1-2/h8-12,23,25H,13-22H2,1-7H3;1-2H3. The predicted molar refractivity (Wildman–Crippen MR) is 171 cm³/mol. The Morgan fingerprint density at radius 3 is 2.07 bits per heavy atom. The molecule has 6 nitrogen and oxygen atoms in total. The van der Waals surface area contributed by atoms with Crippen LogP contribution in [-0.4, -0.2) is 71.8 Å². The lowest BCUT2D eigenvalue weighted by Crippen LogP contribution is -2.54. The zero-order chi connectivity index (χ0) is 30.0. The SMILES string of the molecule is CC.CC(C)(C)OC(=O)N1CCC(N2CCN(c3cccc(-c4ccc5c(c4)C(C)(C)CCC5(C)C)n3)CC2)CC1. The Morgan fingerprint density at radius 2 is 1.46 bits per heavy atom. The minimum Gasteiger partial charge on any atom is -0.444 e. The van der Waals surface area contributed by atoms with Crippen molar-refractivity contribution in [3.05, 3.63) is 47.5 Å². The van der Waals surface area contributed by atoms with Gasteiger partial charge in [0.25, 0.3) is 0 Å². The first-order valence-corrected chi connectivity index (χ1v) is 15.9. The van der Waals surface area contributed by atoms with Gasteiger partial charge >= 0.3 is 6.09 Å². The van der Waals surface area contributed by atoms with Gasteiger partial charge in [0.2, 0.25) is 0 Å². The highest BCUT2D eigenvalue weighted by Crippen LogP contribution is 2.46. The molecule has 2 aromatic rings. The van der Waals surface area contributed by atoms with Gasteiger partial charge in [0.15, 0.2) is 0 Å². The molecule has 3 aliphatic rings. The van der Waals surface area contributed by atoms with Crippen LogP contribution in [0.5, 0.6) is 0 Å². The number of nitrogens with zero attached hydrogens (tertiary/aromatic N) is 4. The van der Waals surface area contributed by atoms with E-state index in [1.807, 2.05) is 39.5 Å². The molecule has 0 saturated carbocycles. The van der Waals surface area contributed by atoms with Crippen molar-refractivity contribution in [2.24, 2.45) is 0 Å². The molecule has 0 N–H and O–H groups in total. The Bertz CT molecular complexity index is 1180. The number of fused-ring (bicyclic) bond motifs is 1. The molecule has 41 heavy (non-hydrogen) atoms. The van der Waals surface area contributed by atoms with Crippen LogP contribution in [0, 0.1) is 0 Å². The van der Waals surface area contributed by atoms with Crippen molar-refractivity contribution in [2.75, 3.05) is 44.2 Å². The molecule has 1 amide bonds. The largest absolute Gasteiger partial charge is 0.444 e. The lowest BCUT2D eigenvalue weighted by atomic mass is 9.63. The maximum absolute atomic E-state index is 12.4. The third kappa shape index (κ3) is 7.25. The summed E-state index contributed by atoms with van der Waals surface area (Å²) in [5.41, 5.74) is 5.23. The number of likely N-dealkylation sites (tertiary alicyclic amines) is 1. The molecular formula is C35H54N4O2. The topological polar surface area (TPSA) is 48.9 Å². The second kappa shape index (κ2) is 12.3. The number of piperidine rings is 1. The van der Waals surface area contributed by atoms with Crippen LogP contribution < -0.4 is 4.90 Å². The van der Waals surface area contributed by atoms with Gasteiger partial charge in [0, 0.05) is 50.9 Å². The van der Waals surface area contributed by atoms with Gasteiger partial charge in [-0.25, -0.2) is 9.78 Å². The molecule has 0 bridgehead atoms. The summed E-state index contributed by atoms with van der Waals surface area (Å²) in [7, 11) is 0. The molecule has 0 spiro atoms. The van der Waals surface area contributed by atoms with Gasteiger partial charge in [-0.05, 0) is 86.6 Å². The van der Waals surface area contributed by atoms with Gasteiger partial charge in [-0.1, -0.05) is 59.7 Å². The van der Waals surface area contributed by atoms with Crippen LogP contribution in [-0.2, 0) is 15.6 Å². The average Bonchev–Trinajstić information content (AvgIpc) is 2.96. The Labute approximate surface area is 249 Å². The number of benzene rings is 1. The summed E-state index contributed by atoms with van der Waals surface area (Å²) in [6.07, 6.45) is 4.29. The Balaban J connectivity index is 0.00000189. The molecule has 0 unspecified atom stereocenters. The van der Waals surface area contributed by atoms with E-state index < -0.39 is 5.60 Å². The minimum absolute atomic E-state index is 0.178. The number of aromatic nitrogens is 1. The molecule has 2 aliphatic heterocycles. The van der Waals surface area contributed by atoms with Gasteiger partial charge in [-0.15, -0.1) is 0 Å². The lowest BCUT2D eigenvalue weighted by Gasteiger charge is -2.43. The number of carbonyl (C=O) groups is 1. The van der Waals surface area contributed by atoms with Gasteiger partial charge in [-0.2, -0.15) is 0 Å². The van der Waals surface area contributed by atoms with E-state index in [0.29, 0.717) is 6.04 Å². The fourth-order valence-electron chi connectivity index (χ4n) is 6.56. The smallest absolute Gasteiger partial charge is 0.410 e. The molecule has 2 fully saturated rings. The molecule has 0 radical (unpaired) electrons. The van der Waals surface area contributed by atoms with E-state index in [0.717, 1.165) is 63.6 Å². The number of piperazine rings is 1. The quantitative estimate of drug-likeness (QED) is 0.385. The van der Waals surface area contributed by atoms with Crippen molar-refractivity contribution in [3.63, 3.8) is 0 Å². The van der Waals surface area contributed by atoms with E-state index in [-0.39, 0.29) is 16.9 Å². The molecule has 0 atom stereocenters. The third-order valence-corrected chi connectivity index (χ3v) is 9.15. The fraction of sp³-hybridized carbons (Fsp3) is 0.657. The zero-order valence-corrected chi connectivity index (χ0v) is 27.2. The molecule has 3 heterocycles. The summed E-state index contributed by atoms with van der Waals surface area (Å²) in [6.45, 7) is 24.9. The number of pyridine rings is 1. The van der Waals surface area contributed by atoms with Crippen LogP contribution in [0.2, 0.25) is 0 Å². The van der Waals surface area contributed by atoms with Crippen molar-refractivity contribution in [1.82, 2.24) is 14.8 Å². The van der Waals surface area contributed by atoms with Crippen LogP contribution >= 0.6 is 0 Å². The van der Waals surface area contributed by atoms with Crippen LogP contribution in [0.4, 0.5) is 10.6 Å². The first-order chi connectivity index (χ1) is 19.3. The number of rotatable bonds is 3. The Kier molecular flexibility index (Phi) is 9.42. The van der Waals surface area contributed by atoms with Crippen LogP contribution in [0.25, 0.3) is 11.3 Å². The molecule has 1 aromatic heterocycles. The third-order valence-electron chi connectivity index (χ3n) is 9.15. The maximum atomic E-state index is 12.4. The molecule has 2 saturated heterocycles. The first kappa shape index (κ1) is 31.3. The van der Waals surface area contributed by atoms with Gasteiger partial charge < -0.3 is 14.5 Å². The first-order valence-electron chi connectivity index (χ1n) is 15.9. The van der Waals surface area contributed by atoms with Crippen LogP contribution in [0.15, 0.2) is 36.4 Å². The van der Waals surface area contributed by atoms with Crippen molar-refractivity contribution in [1.29, 1.82) is 0 Å². The van der Waals surface area contributed by atoms with E-state index in [1.165, 1.54) is 29.5 Å². The van der Waals surface area contributed by atoms with Crippen LogP contribution in [0.3, 0.4) is 0 Å². The lowest BCUT2D eigenvalue weighted by molar-refractivity contribution is 0.0140. The highest BCUT2D eigenvalue weighted by atomic mass is 16.6. The van der Waals surface area contributed by atoms with Gasteiger partial charge in [-0.3, -0.25) is 4.90 Å². The monoisotopic (exact) mass is 562 g/mol. The van der Waals surface area contributed by atoms with Crippen molar-refractivity contribution >= 4 is 11.9 Å². The molecule has 226 valence electrons. The predicted octanol–water partition coefficient (Wildman–Crippen LogP) is 7.65. The molecule has 1 aromatic carbocycles. The van der Waals surface area contributed by atoms with E-state index in [9.17, 15) is 4.79 Å². The number of ether oxygens (including phenoxy) is 1. The number of hydrogen-bond donors (Lipinski definition) is 0. The number of amides is 1. The molecular weight excluding hydrogens is 508 g/mol. The van der Waals surface area contributed by atoms with Gasteiger partial charge in [0.05, 0.1) is 5.69 Å². The fourth-order valence-corrected chi connectivity index (χ4v) is 6.56. The average molecular weight is 563 g/mol. The number of anilines is 1.